The van der Waals surface area contributed by atoms with Crippen LogP contribution in [0.15, 0.2) is 12.3 Å². The number of hydrogen-bond acceptors (Lipinski definition) is 4. The first-order valence-electron chi connectivity index (χ1n) is 2.91. The molecule has 0 aromatic carbocycles. The van der Waals surface area contributed by atoms with E-state index in [-0.39, 0.29) is 0 Å². The van der Waals surface area contributed by atoms with E-state index in [1.165, 1.54) is 12.3 Å². The summed E-state index contributed by atoms with van der Waals surface area (Å²) in [5.74, 6) is -0.898. The molecule has 0 saturated heterocycles. The van der Waals surface area contributed by atoms with Gasteiger partial charge in [-0.2, -0.15) is 0 Å². The van der Waals surface area contributed by atoms with Gasteiger partial charge < -0.3 is 15.2 Å². The SMILES string of the molecule is Cc1cnc([N+](=O)[O-])c(O)c1. The number of pyridine rings is 1. The summed E-state index contributed by atoms with van der Waals surface area (Å²) in [4.78, 5) is 12.8. The van der Waals surface area contributed by atoms with Crippen LogP contribution in [-0.4, -0.2) is 15.0 Å². The van der Waals surface area contributed by atoms with E-state index in [2.05, 4.69) is 4.98 Å². The molecule has 58 valence electrons. The molecule has 0 saturated carbocycles. The maximum absolute atomic E-state index is 10.1. The van der Waals surface area contributed by atoms with E-state index in [1.54, 1.807) is 6.92 Å². The molecule has 0 aliphatic heterocycles. The Morgan fingerprint density at radius 3 is 2.82 bits per heavy atom. The fourth-order valence-corrected chi connectivity index (χ4v) is 0.687. The van der Waals surface area contributed by atoms with Crippen molar-refractivity contribution in [3.05, 3.63) is 27.9 Å². The van der Waals surface area contributed by atoms with Crippen molar-refractivity contribution in [2.24, 2.45) is 0 Å². The molecule has 1 rings (SSSR count). The predicted octanol–water partition coefficient (Wildman–Crippen LogP) is 1.00. The first-order valence-corrected chi connectivity index (χ1v) is 2.91. The average Bonchev–Trinajstić information content (AvgIpc) is 1.85. The van der Waals surface area contributed by atoms with Gasteiger partial charge in [-0.25, -0.2) is 0 Å². The molecule has 5 nitrogen and oxygen atoms in total. The fraction of sp³-hybridized carbons (Fsp3) is 0.167. The van der Waals surface area contributed by atoms with Gasteiger partial charge in [0.1, 0.15) is 6.20 Å². The molecule has 11 heavy (non-hydrogen) atoms. The summed E-state index contributed by atoms with van der Waals surface area (Å²) in [7, 11) is 0. The topological polar surface area (TPSA) is 76.3 Å². The third-order valence-electron chi connectivity index (χ3n) is 1.16. The first kappa shape index (κ1) is 7.46. The summed E-state index contributed by atoms with van der Waals surface area (Å²) in [5, 5.41) is 19.1. The van der Waals surface area contributed by atoms with Crippen LogP contribution in [0.2, 0.25) is 0 Å². The van der Waals surface area contributed by atoms with Gasteiger partial charge in [0.2, 0.25) is 5.75 Å². The van der Waals surface area contributed by atoms with E-state index in [0.717, 1.165) is 0 Å². The lowest BCUT2D eigenvalue weighted by molar-refractivity contribution is -0.390. The van der Waals surface area contributed by atoms with Crippen LogP contribution in [0.1, 0.15) is 5.56 Å². The number of aryl methyl sites for hydroxylation is 1. The number of hydrogen-bond donors (Lipinski definition) is 1. The molecule has 0 unspecified atom stereocenters. The highest BCUT2D eigenvalue weighted by atomic mass is 16.6. The Balaban J connectivity index is 3.20. The molecule has 1 heterocycles. The lowest BCUT2D eigenvalue weighted by Crippen LogP contribution is -1.92. The summed E-state index contributed by atoms with van der Waals surface area (Å²) in [6.07, 6.45) is 1.33. The van der Waals surface area contributed by atoms with Crippen LogP contribution in [0, 0.1) is 17.0 Å². The van der Waals surface area contributed by atoms with Crippen molar-refractivity contribution >= 4 is 5.82 Å². The number of aromatic nitrogens is 1. The van der Waals surface area contributed by atoms with E-state index in [0.29, 0.717) is 5.56 Å². The summed E-state index contributed by atoms with van der Waals surface area (Å²) < 4.78 is 0. The lowest BCUT2D eigenvalue weighted by Gasteiger charge is -1.94. The van der Waals surface area contributed by atoms with Gasteiger partial charge in [0.15, 0.2) is 0 Å². The Labute approximate surface area is 62.5 Å². The van der Waals surface area contributed by atoms with Crippen molar-refractivity contribution in [3.63, 3.8) is 0 Å². The predicted molar refractivity (Wildman–Crippen MR) is 37.3 cm³/mol. The maximum atomic E-state index is 10.1. The average molecular weight is 154 g/mol. The second kappa shape index (κ2) is 2.53. The van der Waals surface area contributed by atoms with Gasteiger partial charge in [-0.3, -0.25) is 0 Å². The molecule has 0 amide bonds. The van der Waals surface area contributed by atoms with Gasteiger partial charge in [-0.05, 0) is 28.5 Å². The molecule has 0 aliphatic carbocycles. The van der Waals surface area contributed by atoms with E-state index >= 15 is 0 Å². The molecule has 1 N–H and O–H groups in total. The maximum Gasteiger partial charge on any atom is 0.405 e. The van der Waals surface area contributed by atoms with Crippen LogP contribution in [0.4, 0.5) is 5.82 Å². The second-order valence-corrected chi connectivity index (χ2v) is 2.11. The van der Waals surface area contributed by atoms with Crippen molar-refractivity contribution in [2.45, 2.75) is 6.92 Å². The molecule has 1 aromatic rings. The van der Waals surface area contributed by atoms with Crippen LogP contribution in [-0.2, 0) is 0 Å². The minimum atomic E-state index is -0.727. The molecule has 0 radical (unpaired) electrons. The van der Waals surface area contributed by atoms with Crippen LogP contribution >= 0.6 is 0 Å². The van der Waals surface area contributed by atoms with Crippen molar-refractivity contribution in [1.82, 2.24) is 4.98 Å². The third-order valence-corrected chi connectivity index (χ3v) is 1.16. The molecule has 0 aliphatic rings. The highest BCUT2D eigenvalue weighted by molar-refractivity contribution is 5.39. The summed E-state index contributed by atoms with van der Waals surface area (Å²) in [6.45, 7) is 1.69. The number of nitrogens with zero attached hydrogens (tertiary/aromatic N) is 2. The highest BCUT2D eigenvalue weighted by Crippen LogP contribution is 2.22. The summed E-state index contributed by atoms with van der Waals surface area (Å²) >= 11 is 0. The van der Waals surface area contributed by atoms with Crippen molar-refractivity contribution in [3.8, 4) is 5.75 Å². The van der Waals surface area contributed by atoms with Gasteiger partial charge in [-0.15, -0.1) is 0 Å². The number of nitro groups is 1. The minimum Gasteiger partial charge on any atom is -0.501 e. The number of rotatable bonds is 1. The molecule has 1 aromatic heterocycles. The zero-order valence-electron chi connectivity index (χ0n) is 5.81. The Morgan fingerprint density at radius 2 is 2.36 bits per heavy atom. The summed E-state index contributed by atoms with van der Waals surface area (Å²) in [5.41, 5.74) is 0.688. The molecule has 0 bridgehead atoms. The zero-order valence-corrected chi connectivity index (χ0v) is 5.81. The standard InChI is InChI=1S/C6H6N2O3/c1-4-2-5(9)6(7-3-4)8(10)11/h2-3,9H,1H3. The molecule has 0 spiro atoms. The lowest BCUT2D eigenvalue weighted by atomic mass is 10.3. The van der Waals surface area contributed by atoms with Gasteiger partial charge >= 0.3 is 5.82 Å². The quantitative estimate of drug-likeness (QED) is 0.483. The molecular formula is C6H6N2O3. The van der Waals surface area contributed by atoms with E-state index in [9.17, 15) is 10.1 Å². The van der Waals surface area contributed by atoms with Crippen LogP contribution < -0.4 is 0 Å². The Hall–Kier alpha value is -1.65. The first-order chi connectivity index (χ1) is 5.11. The van der Waals surface area contributed by atoms with Gasteiger partial charge in [0.25, 0.3) is 0 Å². The van der Waals surface area contributed by atoms with E-state index < -0.39 is 16.5 Å². The van der Waals surface area contributed by atoms with Crippen LogP contribution in [0.3, 0.4) is 0 Å². The molecule has 0 fully saturated rings. The van der Waals surface area contributed by atoms with E-state index in [1.807, 2.05) is 0 Å². The second-order valence-electron chi connectivity index (χ2n) is 2.11. The molecule has 5 heteroatoms. The molecule has 0 atom stereocenters. The van der Waals surface area contributed by atoms with Crippen LogP contribution in [0.5, 0.6) is 5.75 Å². The zero-order chi connectivity index (χ0) is 8.43. The van der Waals surface area contributed by atoms with Gasteiger partial charge in [0, 0.05) is 0 Å². The smallest absolute Gasteiger partial charge is 0.405 e. The van der Waals surface area contributed by atoms with Crippen molar-refractivity contribution < 1.29 is 10.0 Å². The fourth-order valence-electron chi connectivity index (χ4n) is 0.687. The van der Waals surface area contributed by atoms with Crippen LogP contribution in [0.25, 0.3) is 0 Å². The Morgan fingerprint density at radius 1 is 1.73 bits per heavy atom. The van der Waals surface area contributed by atoms with Crippen molar-refractivity contribution in [1.29, 1.82) is 0 Å². The minimum absolute atomic E-state index is 0.394. The third kappa shape index (κ3) is 1.43. The normalized spacial score (nSPS) is 9.55. The Bertz CT molecular complexity index is 298. The van der Waals surface area contributed by atoms with Crippen molar-refractivity contribution in [2.75, 3.05) is 0 Å². The number of aromatic hydroxyl groups is 1. The molecular weight excluding hydrogens is 148 g/mol. The van der Waals surface area contributed by atoms with Gasteiger partial charge in [-0.1, -0.05) is 0 Å². The summed E-state index contributed by atoms with van der Waals surface area (Å²) in [6, 6.07) is 1.30. The largest absolute Gasteiger partial charge is 0.501 e. The van der Waals surface area contributed by atoms with E-state index in [4.69, 9.17) is 5.11 Å². The highest BCUT2D eigenvalue weighted by Gasteiger charge is 2.13. The van der Waals surface area contributed by atoms with Gasteiger partial charge in [0.05, 0.1) is 0 Å². The monoisotopic (exact) mass is 154 g/mol. The Kier molecular flexibility index (Phi) is 1.72.